The summed E-state index contributed by atoms with van der Waals surface area (Å²) in [6.45, 7) is 19.9. The average Bonchev–Trinajstić information content (AvgIpc) is 2.53. The summed E-state index contributed by atoms with van der Waals surface area (Å²) >= 11 is 0. The summed E-state index contributed by atoms with van der Waals surface area (Å²) in [5, 5.41) is 0.215. The van der Waals surface area contributed by atoms with Gasteiger partial charge in [0.05, 0.1) is 0 Å². The van der Waals surface area contributed by atoms with Crippen molar-refractivity contribution in [2.24, 2.45) is 0 Å². The second-order valence-corrected chi connectivity index (χ2v) is 12.0. The molecule has 20 heavy (non-hydrogen) atoms. The van der Waals surface area contributed by atoms with E-state index in [0.717, 1.165) is 11.3 Å². The van der Waals surface area contributed by atoms with Crippen LogP contribution < -0.4 is 4.43 Å². The van der Waals surface area contributed by atoms with Crippen LogP contribution in [-0.4, -0.2) is 8.32 Å². The predicted octanol–water partition coefficient (Wildman–Crippen LogP) is 5.89. The first kappa shape index (κ1) is 15.1. The Morgan fingerprint density at radius 1 is 1.00 bits per heavy atom. The first-order valence-corrected chi connectivity index (χ1v) is 10.2. The Kier molecular flexibility index (Phi) is 3.50. The summed E-state index contributed by atoms with van der Waals surface area (Å²) in [5.41, 5.74) is 6.30. The van der Waals surface area contributed by atoms with Crippen molar-refractivity contribution in [2.75, 3.05) is 0 Å². The largest absolute Gasteiger partial charge is 0.543 e. The molecule has 0 fully saturated rings. The van der Waals surface area contributed by atoms with Gasteiger partial charge in [-0.2, -0.15) is 0 Å². The van der Waals surface area contributed by atoms with Gasteiger partial charge in [-0.25, -0.2) is 0 Å². The van der Waals surface area contributed by atoms with Crippen molar-refractivity contribution >= 4 is 19.5 Å². The Hall–Kier alpha value is -1.28. The summed E-state index contributed by atoms with van der Waals surface area (Å²) in [4.78, 5) is 0. The SMILES string of the molecule is C=C1C(C)=C(C)c2ccc(O[Si](C)(C)C(C)(C)C)cc21. The van der Waals surface area contributed by atoms with Crippen LogP contribution in [0.15, 0.2) is 30.4 Å². The van der Waals surface area contributed by atoms with Gasteiger partial charge in [0.2, 0.25) is 8.32 Å². The van der Waals surface area contributed by atoms with E-state index in [0.29, 0.717) is 0 Å². The van der Waals surface area contributed by atoms with Crippen LogP contribution in [0.5, 0.6) is 5.75 Å². The molecule has 0 bridgehead atoms. The highest BCUT2D eigenvalue weighted by atomic mass is 28.4. The van der Waals surface area contributed by atoms with E-state index < -0.39 is 8.32 Å². The van der Waals surface area contributed by atoms with Crippen LogP contribution in [0.1, 0.15) is 45.7 Å². The van der Waals surface area contributed by atoms with E-state index in [1.807, 2.05) is 0 Å². The monoisotopic (exact) mass is 286 g/mol. The molecule has 1 aliphatic carbocycles. The van der Waals surface area contributed by atoms with Crippen LogP contribution in [-0.2, 0) is 0 Å². The second kappa shape index (κ2) is 4.63. The summed E-state index contributed by atoms with van der Waals surface area (Å²) in [6, 6.07) is 6.45. The van der Waals surface area contributed by atoms with Gasteiger partial charge >= 0.3 is 0 Å². The number of fused-ring (bicyclic) bond motifs is 1. The number of rotatable bonds is 2. The standard InChI is InChI=1S/C18H26OSi/c1-12-13(2)16-10-9-15(11-17(16)14(12)3)19-20(7,8)18(4,5)6/h9-11H,3H2,1-2,4-8H3. The number of hydrogen-bond donors (Lipinski definition) is 0. The molecule has 1 aromatic carbocycles. The lowest BCUT2D eigenvalue weighted by atomic mass is 10.0. The molecular formula is C18H26OSi. The average molecular weight is 286 g/mol. The third-order valence-corrected chi connectivity index (χ3v) is 9.27. The highest BCUT2D eigenvalue weighted by molar-refractivity contribution is 6.74. The van der Waals surface area contributed by atoms with Gasteiger partial charge in [0.25, 0.3) is 0 Å². The molecule has 0 amide bonds. The third-order valence-electron chi connectivity index (χ3n) is 4.91. The molecule has 1 nitrogen and oxygen atoms in total. The molecule has 0 aliphatic heterocycles. The van der Waals surface area contributed by atoms with Crippen LogP contribution in [0.2, 0.25) is 18.1 Å². The van der Waals surface area contributed by atoms with Crippen molar-refractivity contribution in [3.63, 3.8) is 0 Å². The fourth-order valence-corrected chi connectivity index (χ4v) is 3.26. The van der Waals surface area contributed by atoms with Crippen molar-refractivity contribution in [2.45, 2.75) is 52.8 Å². The van der Waals surface area contributed by atoms with Crippen molar-refractivity contribution < 1.29 is 4.43 Å². The van der Waals surface area contributed by atoms with Gasteiger partial charge in [0.1, 0.15) is 5.75 Å². The Balaban J connectivity index is 2.35. The molecule has 0 unspecified atom stereocenters. The molecular weight excluding hydrogens is 260 g/mol. The van der Waals surface area contributed by atoms with Gasteiger partial charge in [-0.3, -0.25) is 0 Å². The fraction of sp³-hybridized carbons (Fsp3) is 0.444. The zero-order valence-electron chi connectivity index (χ0n) is 13.8. The van der Waals surface area contributed by atoms with Crippen LogP contribution in [0, 0.1) is 0 Å². The van der Waals surface area contributed by atoms with Crippen LogP contribution in [0.4, 0.5) is 0 Å². The molecule has 0 heterocycles. The molecule has 2 rings (SSSR count). The minimum Gasteiger partial charge on any atom is -0.543 e. The maximum atomic E-state index is 6.39. The van der Waals surface area contributed by atoms with Crippen molar-refractivity contribution in [3.05, 3.63) is 41.5 Å². The zero-order valence-corrected chi connectivity index (χ0v) is 14.8. The van der Waals surface area contributed by atoms with E-state index in [9.17, 15) is 0 Å². The van der Waals surface area contributed by atoms with E-state index in [-0.39, 0.29) is 5.04 Å². The van der Waals surface area contributed by atoms with Gasteiger partial charge in [-0.1, -0.05) is 33.4 Å². The molecule has 0 N–H and O–H groups in total. The topological polar surface area (TPSA) is 9.23 Å². The molecule has 108 valence electrons. The summed E-state index contributed by atoms with van der Waals surface area (Å²) in [6.07, 6.45) is 0. The third kappa shape index (κ3) is 2.37. The molecule has 0 saturated carbocycles. The molecule has 0 aromatic heterocycles. The predicted molar refractivity (Wildman–Crippen MR) is 91.6 cm³/mol. The molecule has 0 saturated heterocycles. The maximum absolute atomic E-state index is 6.39. The van der Waals surface area contributed by atoms with Gasteiger partial charge in [-0.05, 0) is 72.0 Å². The van der Waals surface area contributed by atoms with Crippen LogP contribution >= 0.6 is 0 Å². The zero-order chi connectivity index (χ0) is 15.3. The molecule has 1 aliphatic rings. The van der Waals surface area contributed by atoms with Crippen molar-refractivity contribution in [3.8, 4) is 5.75 Å². The lowest BCUT2D eigenvalue weighted by Gasteiger charge is -2.36. The normalized spacial score (nSPS) is 15.7. The number of hydrogen-bond acceptors (Lipinski definition) is 1. The van der Waals surface area contributed by atoms with Crippen molar-refractivity contribution in [1.29, 1.82) is 0 Å². The Morgan fingerprint density at radius 3 is 2.15 bits per heavy atom. The summed E-state index contributed by atoms with van der Waals surface area (Å²) in [5.74, 6) is 0.985. The van der Waals surface area contributed by atoms with Gasteiger partial charge in [-0.15, -0.1) is 0 Å². The van der Waals surface area contributed by atoms with Crippen LogP contribution in [0.3, 0.4) is 0 Å². The van der Waals surface area contributed by atoms with E-state index in [4.69, 9.17) is 4.43 Å². The van der Waals surface area contributed by atoms with E-state index >= 15 is 0 Å². The first-order chi connectivity index (χ1) is 9.04. The number of allylic oxidation sites excluding steroid dienone is 3. The lowest BCUT2D eigenvalue weighted by Crippen LogP contribution is -2.43. The van der Waals surface area contributed by atoms with Crippen LogP contribution in [0.25, 0.3) is 11.1 Å². The second-order valence-electron chi connectivity index (χ2n) is 7.30. The smallest absolute Gasteiger partial charge is 0.250 e. The molecule has 0 atom stereocenters. The molecule has 1 aromatic rings. The fourth-order valence-electron chi connectivity index (χ4n) is 2.24. The highest BCUT2D eigenvalue weighted by Crippen LogP contribution is 2.43. The minimum absolute atomic E-state index is 0.215. The Labute approximate surface area is 124 Å². The van der Waals surface area contributed by atoms with Gasteiger partial charge in [0.15, 0.2) is 0 Å². The van der Waals surface area contributed by atoms with E-state index in [1.165, 1.54) is 22.3 Å². The lowest BCUT2D eigenvalue weighted by molar-refractivity contribution is 0.492. The van der Waals surface area contributed by atoms with E-state index in [1.54, 1.807) is 0 Å². The number of benzene rings is 1. The molecule has 2 heteroatoms. The van der Waals surface area contributed by atoms with Gasteiger partial charge < -0.3 is 4.43 Å². The van der Waals surface area contributed by atoms with Crippen molar-refractivity contribution in [1.82, 2.24) is 0 Å². The summed E-state index contributed by atoms with van der Waals surface area (Å²) < 4.78 is 6.39. The van der Waals surface area contributed by atoms with Gasteiger partial charge in [0, 0.05) is 0 Å². The molecule has 0 spiro atoms. The molecule has 0 radical (unpaired) electrons. The highest BCUT2D eigenvalue weighted by Gasteiger charge is 2.39. The quantitative estimate of drug-likeness (QED) is 0.616. The first-order valence-electron chi connectivity index (χ1n) is 7.25. The minimum atomic E-state index is -1.78. The maximum Gasteiger partial charge on any atom is 0.250 e. The summed E-state index contributed by atoms with van der Waals surface area (Å²) in [7, 11) is -1.78. The van der Waals surface area contributed by atoms with E-state index in [2.05, 4.69) is 72.5 Å². The Morgan fingerprint density at radius 2 is 1.60 bits per heavy atom. The Bertz CT molecular complexity index is 600.